The van der Waals surface area contributed by atoms with Gasteiger partial charge in [0.05, 0.1) is 0 Å². The Morgan fingerprint density at radius 1 is 1.35 bits per heavy atom. The standard InChI is InChI=1S/C13H22N4/c1-11(2)5-7-14-12-6-8-15-13(16-12)17-9-3-4-10-17/h6,8,11H,3-5,7,9-10H2,1-2H3,(H,14,15,16). The summed E-state index contributed by atoms with van der Waals surface area (Å²) in [7, 11) is 0. The molecular weight excluding hydrogens is 212 g/mol. The number of rotatable bonds is 5. The van der Waals surface area contributed by atoms with Crippen LogP contribution in [0.3, 0.4) is 0 Å². The Hall–Kier alpha value is -1.32. The van der Waals surface area contributed by atoms with E-state index in [1.807, 2.05) is 12.3 Å². The van der Waals surface area contributed by atoms with Gasteiger partial charge in [-0.25, -0.2) is 4.98 Å². The first-order chi connectivity index (χ1) is 8.25. The van der Waals surface area contributed by atoms with Crippen molar-refractivity contribution in [3.05, 3.63) is 12.3 Å². The monoisotopic (exact) mass is 234 g/mol. The summed E-state index contributed by atoms with van der Waals surface area (Å²) in [6.45, 7) is 7.63. The van der Waals surface area contributed by atoms with Crippen LogP contribution >= 0.6 is 0 Å². The molecule has 0 spiro atoms. The van der Waals surface area contributed by atoms with Crippen molar-refractivity contribution in [2.45, 2.75) is 33.1 Å². The predicted octanol–water partition coefficient (Wildman–Crippen LogP) is 2.53. The molecule has 0 bridgehead atoms. The van der Waals surface area contributed by atoms with Crippen molar-refractivity contribution < 1.29 is 0 Å². The number of nitrogens with zero attached hydrogens (tertiary/aromatic N) is 3. The Morgan fingerprint density at radius 2 is 2.12 bits per heavy atom. The summed E-state index contributed by atoms with van der Waals surface area (Å²) in [4.78, 5) is 11.2. The second kappa shape index (κ2) is 5.84. The van der Waals surface area contributed by atoms with E-state index in [1.54, 1.807) is 0 Å². The molecule has 1 saturated heterocycles. The largest absolute Gasteiger partial charge is 0.370 e. The molecule has 1 aromatic rings. The van der Waals surface area contributed by atoms with Crippen LogP contribution in [0.25, 0.3) is 0 Å². The highest BCUT2D eigenvalue weighted by atomic mass is 15.3. The Bertz CT molecular complexity index is 345. The van der Waals surface area contributed by atoms with Crippen LogP contribution < -0.4 is 10.2 Å². The number of anilines is 2. The molecule has 0 radical (unpaired) electrons. The van der Waals surface area contributed by atoms with Gasteiger partial charge in [0, 0.05) is 25.8 Å². The molecule has 94 valence electrons. The normalized spacial score (nSPS) is 15.6. The van der Waals surface area contributed by atoms with Crippen molar-refractivity contribution in [1.82, 2.24) is 9.97 Å². The van der Waals surface area contributed by atoms with Gasteiger partial charge in [0.1, 0.15) is 5.82 Å². The van der Waals surface area contributed by atoms with Crippen LogP contribution in [0.15, 0.2) is 12.3 Å². The molecule has 1 aliphatic rings. The molecule has 0 unspecified atom stereocenters. The van der Waals surface area contributed by atoms with Gasteiger partial charge in [0.15, 0.2) is 0 Å². The van der Waals surface area contributed by atoms with E-state index < -0.39 is 0 Å². The Morgan fingerprint density at radius 3 is 2.82 bits per heavy atom. The zero-order chi connectivity index (χ0) is 12.1. The van der Waals surface area contributed by atoms with E-state index in [-0.39, 0.29) is 0 Å². The SMILES string of the molecule is CC(C)CCNc1ccnc(N2CCCC2)n1. The third-order valence-electron chi connectivity index (χ3n) is 3.06. The molecule has 4 heteroatoms. The lowest BCUT2D eigenvalue weighted by Gasteiger charge is -2.15. The zero-order valence-corrected chi connectivity index (χ0v) is 10.8. The van der Waals surface area contributed by atoms with Crippen LogP contribution in [0.4, 0.5) is 11.8 Å². The molecule has 1 aromatic heterocycles. The van der Waals surface area contributed by atoms with Crippen molar-refractivity contribution in [1.29, 1.82) is 0 Å². The van der Waals surface area contributed by atoms with Crippen molar-refractivity contribution >= 4 is 11.8 Å². The van der Waals surface area contributed by atoms with Gasteiger partial charge in [0.2, 0.25) is 5.95 Å². The maximum Gasteiger partial charge on any atom is 0.227 e. The average molecular weight is 234 g/mol. The first kappa shape index (κ1) is 12.1. The number of nitrogens with one attached hydrogen (secondary N) is 1. The van der Waals surface area contributed by atoms with Gasteiger partial charge < -0.3 is 10.2 Å². The highest BCUT2D eigenvalue weighted by Crippen LogP contribution is 2.16. The first-order valence-corrected chi connectivity index (χ1v) is 6.57. The molecule has 17 heavy (non-hydrogen) atoms. The lowest BCUT2D eigenvalue weighted by molar-refractivity contribution is 0.606. The molecule has 0 saturated carbocycles. The molecule has 0 atom stereocenters. The lowest BCUT2D eigenvalue weighted by atomic mass is 10.1. The maximum atomic E-state index is 4.56. The number of aromatic nitrogens is 2. The van der Waals surface area contributed by atoms with E-state index in [9.17, 15) is 0 Å². The fourth-order valence-corrected chi connectivity index (χ4v) is 2.01. The summed E-state index contributed by atoms with van der Waals surface area (Å²) < 4.78 is 0. The minimum absolute atomic E-state index is 0.724. The van der Waals surface area contributed by atoms with E-state index >= 15 is 0 Å². The van der Waals surface area contributed by atoms with Crippen LogP contribution in [0.1, 0.15) is 33.1 Å². The van der Waals surface area contributed by atoms with Gasteiger partial charge >= 0.3 is 0 Å². The highest BCUT2D eigenvalue weighted by molar-refractivity contribution is 5.41. The summed E-state index contributed by atoms with van der Waals surface area (Å²) in [5, 5.41) is 3.36. The predicted molar refractivity (Wildman–Crippen MR) is 71.4 cm³/mol. The molecule has 0 aliphatic carbocycles. The molecule has 2 rings (SSSR count). The smallest absolute Gasteiger partial charge is 0.227 e. The van der Waals surface area contributed by atoms with Crippen molar-refractivity contribution in [3.8, 4) is 0 Å². The van der Waals surface area contributed by atoms with Crippen molar-refractivity contribution in [2.75, 3.05) is 29.9 Å². The van der Waals surface area contributed by atoms with Gasteiger partial charge in [-0.1, -0.05) is 13.8 Å². The van der Waals surface area contributed by atoms with E-state index in [4.69, 9.17) is 0 Å². The molecule has 4 nitrogen and oxygen atoms in total. The number of hydrogen-bond donors (Lipinski definition) is 1. The minimum atomic E-state index is 0.724. The molecular formula is C13H22N4. The summed E-state index contributed by atoms with van der Waals surface area (Å²) in [5.41, 5.74) is 0. The lowest BCUT2D eigenvalue weighted by Crippen LogP contribution is -2.20. The van der Waals surface area contributed by atoms with E-state index in [0.717, 1.165) is 37.3 Å². The minimum Gasteiger partial charge on any atom is -0.370 e. The Balaban J connectivity index is 1.91. The maximum absolute atomic E-state index is 4.56. The molecule has 0 aromatic carbocycles. The fourth-order valence-electron chi connectivity index (χ4n) is 2.01. The first-order valence-electron chi connectivity index (χ1n) is 6.57. The van der Waals surface area contributed by atoms with Crippen LogP contribution in [-0.2, 0) is 0 Å². The second-order valence-corrected chi connectivity index (χ2v) is 5.05. The van der Waals surface area contributed by atoms with Crippen LogP contribution in [-0.4, -0.2) is 29.6 Å². The van der Waals surface area contributed by atoms with Gasteiger partial charge in [-0.15, -0.1) is 0 Å². The van der Waals surface area contributed by atoms with Gasteiger partial charge in [0.25, 0.3) is 0 Å². The molecule has 1 fully saturated rings. The van der Waals surface area contributed by atoms with Crippen molar-refractivity contribution in [3.63, 3.8) is 0 Å². The average Bonchev–Trinajstić information content (AvgIpc) is 2.82. The number of hydrogen-bond acceptors (Lipinski definition) is 4. The van der Waals surface area contributed by atoms with Crippen LogP contribution in [0.2, 0.25) is 0 Å². The van der Waals surface area contributed by atoms with E-state index in [1.165, 1.54) is 19.3 Å². The van der Waals surface area contributed by atoms with Crippen LogP contribution in [0.5, 0.6) is 0 Å². The van der Waals surface area contributed by atoms with E-state index in [0.29, 0.717) is 0 Å². The fraction of sp³-hybridized carbons (Fsp3) is 0.692. The Labute approximate surface area is 103 Å². The third kappa shape index (κ3) is 3.58. The quantitative estimate of drug-likeness (QED) is 0.850. The van der Waals surface area contributed by atoms with Crippen molar-refractivity contribution in [2.24, 2.45) is 5.92 Å². The molecule has 1 aliphatic heterocycles. The molecule has 1 N–H and O–H groups in total. The summed E-state index contributed by atoms with van der Waals surface area (Å²) in [6.07, 6.45) is 5.53. The molecule has 0 amide bonds. The zero-order valence-electron chi connectivity index (χ0n) is 10.8. The second-order valence-electron chi connectivity index (χ2n) is 5.05. The summed E-state index contributed by atoms with van der Waals surface area (Å²) in [6, 6.07) is 1.94. The highest BCUT2D eigenvalue weighted by Gasteiger charge is 2.14. The topological polar surface area (TPSA) is 41.1 Å². The van der Waals surface area contributed by atoms with Gasteiger partial charge in [-0.3, -0.25) is 0 Å². The Kier molecular flexibility index (Phi) is 4.18. The van der Waals surface area contributed by atoms with Gasteiger partial charge in [-0.05, 0) is 31.2 Å². The van der Waals surface area contributed by atoms with Gasteiger partial charge in [-0.2, -0.15) is 4.98 Å². The third-order valence-corrected chi connectivity index (χ3v) is 3.06. The van der Waals surface area contributed by atoms with Crippen LogP contribution in [0, 0.1) is 5.92 Å². The molecule has 2 heterocycles. The summed E-state index contributed by atoms with van der Waals surface area (Å²) in [5.74, 6) is 2.54. The van der Waals surface area contributed by atoms with E-state index in [2.05, 4.69) is 34.0 Å². The summed E-state index contributed by atoms with van der Waals surface area (Å²) >= 11 is 0.